The van der Waals surface area contributed by atoms with Crippen molar-refractivity contribution in [2.45, 2.75) is 32.1 Å². The summed E-state index contributed by atoms with van der Waals surface area (Å²) in [6, 6.07) is 15.6. The molecule has 146 valence electrons. The minimum Gasteiger partial charge on any atom is -0.352 e. The molecule has 0 saturated carbocycles. The number of carbonyl (C=O) groups excluding carboxylic acids is 1. The molecule has 1 N–H and O–H groups in total. The van der Waals surface area contributed by atoms with E-state index in [-0.39, 0.29) is 5.91 Å². The predicted molar refractivity (Wildman–Crippen MR) is 113 cm³/mol. The highest BCUT2D eigenvalue weighted by Crippen LogP contribution is 2.19. The third-order valence-electron chi connectivity index (χ3n) is 4.22. The summed E-state index contributed by atoms with van der Waals surface area (Å²) in [5.74, 6) is 2.41. The van der Waals surface area contributed by atoms with Crippen LogP contribution in [0.3, 0.4) is 0 Å². The Bertz CT molecular complexity index is 912. The first-order chi connectivity index (χ1) is 13.7. The fraction of sp³-hybridized carbons (Fsp3) is 0.286. The van der Waals surface area contributed by atoms with E-state index in [1.54, 1.807) is 11.8 Å². The molecule has 1 aromatic heterocycles. The van der Waals surface area contributed by atoms with Gasteiger partial charge in [0.25, 0.3) is 0 Å². The summed E-state index contributed by atoms with van der Waals surface area (Å²) >= 11 is 7.68. The first-order valence-corrected chi connectivity index (χ1v) is 10.7. The highest BCUT2D eigenvalue weighted by molar-refractivity contribution is 7.98. The zero-order valence-corrected chi connectivity index (χ0v) is 17.2. The Kier molecular flexibility index (Phi) is 7.51. The van der Waals surface area contributed by atoms with Crippen LogP contribution in [0.4, 0.5) is 0 Å². The minimum atomic E-state index is -0.00495. The number of nitrogens with one attached hydrogen (secondary N) is 1. The van der Waals surface area contributed by atoms with Gasteiger partial charge in [-0.1, -0.05) is 66.1 Å². The van der Waals surface area contributed by atoms with Crippen molar-refractivity contribution in [3.8, 4) is 11.4 Å². The van der Waals surface area contributed by atoms with Crippen LogP contribution in [-0.4, -0.2) is 21.8 Å². The Hall–Kier alpha value is -2.31. The molecule has 3 rings (SSSR count). The molecule has 0 bridgehead atoms. The van der Waals surface area contributed by atoms with E-state index in [1.807, 2.05) is 36.4 Å². The van der Waals surface area contributed by atoms with E-state index >= 15 is 0 Å². The fourth-order valence-corrected chi connectivity index (χ4v) is 3.54. The first kappa shape index (κ1) is 20.4. The van der Waals surface area contributed by atoms with E-state index in [2.05, 4.69) is 34.5 Å². The normalized spacial score (nSPS) is 10.8. The number of hydrogen-bond donors (Lipinski definition) is 1. The zero-order chi connectivity index (χ0) is 19.8. The summed E-state index contributed by atoms with van der Waals surface area (Å²) in [7, 11) is 0. The van der Waals surface area contributed by atoms with Gasteiger partial charge < -0.3 is 9.84 Å². The number of hydrogen-bond acceptors (Lipinski definition) is 5. The van der Waals surface area contributed by atoms with Gasteiger partial charge in [0.15, 0.2) is 0 Å². The second-order valence-corrected chi connectivity index (χ2v) is 7.75. The van der Waals surface area contributed by atoms with Crippen molar-refractivity contribution in [2.75, 3.05) is 5.75 Å². The van der Waals surface area contributed by atoms with Gasteiger partial charge in [0, 0.05) is 29.3 Å². The molecule has 3 aromatic rings. The number of amides is 1. The largest absolute Gasteiger partial charge is 0.352 e. The van der Waals surface area contributed by atoms with Crippen molar-refractivity contribution in [3.63, 3.8) is 0 Å². The molecule has 5 nitrogen and oxygen atoms in total. The molecule has 0 saturated heterocycles. The molecule has 28 heavy (non-hydrogen) atoms. The average molecular weight is 416 g/mol. The molecule has 7 heteroatoms. The van der Waals surface area contributed by atoms with E-state index in [0.717, 1.165) is 17.5 Å². The molecular weight excluding hydrogens is 394 g/mol. The summed E-state index contributed by atoms with van der Waals surface area (Å²) in [6.07, 6.45) is 1.43. The molecule has 0 spiro atoms. The summed E-state index contributed by atoms with van der Waals surface area (Å²) < 4.78 is 5.30. The lowest BCUT2D eigenvalue weighted by molar-refractivity contribution is -0.120. The molecule has 0 aliphatic carbocycles. The summed E-state index contributed by atoms with van der Waals surface area (Å²) in [4.78, 5) is 16.4. The van der Waals surface area contributed by atoms with Gasteiger partial charge in [-0.3, -0.25) is 4.79 Å². The maximum Gasteiger partial charge on any atom is 0.236 e. The van der Waals surface area contributed by atoms with Crippen molar-refractivity contribution in [3.05, 3.63) is 70.6 Å². The van der Waals surface area contributed by atoms with Crippen LogP contribution >= 0.6 is 23.4 Å². The second-order valence-electron chi connectivity index (χ2n) is 6.23. The van der Waals surface area contributed by atoms with Gasteiger partial charge in [0.2, 0.25) is 17.6 Å². The number of nitrogens with zero attached hydrogens (tertiary/aromatic N) is 2. The van der Waals surface area contributed by atoms with Crippen LogP contribution in [0.5, 0.6) is 0 Å². The fourth-order valence-electron chi connectivity index (χ4n) is 2.57. The van der Waals surface area contributed by atoms with Gasteiger partial charge in [-0.2, -0.15) is 16.7 Å². The molecule has 0 radical (unpaired) electrons. The number of aryl methyl sites for hydroxylation is 1. The highest BCUT2D eigenvalue weighted by atomic mass is 35.5. The maximum absolute atomic E-state index is 12.0. The van der Waals surface area contributed by atoms with Gasteiger partial charge in [0.1, 0.15) is 0 Å². The number of carbonyl (C=O) groups is 1. The number of halogens is 1. The molecule has 1 heterocycles. The molecular formula is C21H22ClN3O2S. The van der Waals surface area contributed by atoms with Crippen molar-refractivity contribution >= 4 is 29.3 Å². The van der Waals surface area contributed by atoms with Crippen LogP contribution in [0, 0.1) is 0 Å². The number of aromatic nitrogens is 2. The molecule has 0 fully saturated rings. The molecule has 0 aliphatic rings. The Balaban J connectivity index is 1.39. The standard InChI is InChI=1S/C21H22ClN3O2S/c1-2-15-7-9-16(10-8-15)21-24-20(27-25-21)14-28-12-11-19(26)23-13-17-5-3-4-6-18(17)22/h3-10H,2,11-14H2,1H3,(H,23,26). The van der Waals surface area contributed by atoms with Gasteiger partial charge in [-0.05, 0) is 23.6 Å². The SMILES string of the molecule is CCc1ccc(-c2noc(CSCCC(=O)NCc3ccccc3Cl)n2)cc1. The van der Waals surface area contributed by atoms with Gasteiger partial charge >= 0.3 is 0 Å². The summed E-state index contributed by atoms with van der Waals surface area (Å²) in [5.41, 5.74) is 3.13. The third-order valence-corrected chi connectivity index (χ3v) is 5.53. The molecule has 2 aromatic carbocycles. The third kappa shape index (κ3) is 5.84. The van der Waals surface area contributed by atoms with E-state index < -0.39 is 0 Å². The van der Waals surface area contributed by atoms with Crippen molar-refractivity contribution in [2.24, 2.45) is 0 Å². The van der Waals surface area contributed by atoms with Gasteiger partial charge in [-0.25, -0.2) is 0 Å². The topological polar surface area (TPSA) is 68.0 Å². The second kappa shape index (κ2) is 10.3. The Morgan fingerprint density at radius 3 is 2.71 bits per heavy atom. The number of thioether (sulfide) groups is 1. The first-order valence-electron chi connectivity index (χ1n) is 9.15. The lowest BCUT2D eigenvalue weighted by atomic mass is 10.1. The highest BCUT2D eigenvalue weighted by Gasteiger charge is 2.09. The van der Waals surface area contributed by atoms with Crippen LogP contribution in [0.15, 0.2) is 53.1 Å². The van der Waals surface area contributed by atoms with E-state index in [0.29, 0.717) is 41.2 Å². The van der Waals surface area contributed by atoms with Crippen molar-refractivity contribution in [1.29, 1.82) is 0 Å². The van der Waals surface area contributed by atoms with Crippen LogP contribution in [0.2, 0.25) is 5.02 Å². The lowest BCUT2D eigenvalue weighted by Gasteiger charge is -2.06. The maximum atomic E-state index is 12.0. The molecule has 0 unspecified atom stereocenters. The quantitative estimate of drug-likeness (QED) is 0.504. The smallest absolute Gasteiger partial charge is 0.236 e. The van der Waals surface area contributed by atoms with Crippen LogP contribution < -0.4 is 5.32 Å². The molecule has 0 aliphatic heterocycles. The van der Waals surface area contributed by atoms with Gasteiger partial charge in [0.05, 0.1) is 5.75 Å². The number of rotatable bonds is 9. The molecule has 0 atom stereocenters. The minimum absolute atomic E-state index is 0.00495. The molecule has 1 amide bonds. The van der Waals surface area contributed by atoms with Crippen molar-refractivity contribution in [1.82, 2.24) is 15.5 Å². The monoisotopic (exact) mass is 415 g/mol. The van der Waals surface area contributed by atoms with Gasteiger partial charge in [-0.15, -0.1) is 0 Å². The summed E-state index contributed by atoms with van der Waals surface area (Å²) in [5, 5.41) is 7.58. The zero-order valence-electron chi connectivity index (χ0n) is 15.7. The number of benzene rings is 2. The van der Waals surface area contributed by atoms with E-state index in [9.17, 15) is 4.79 Å². The van der Waals surface area contributed by atoms with Crippen LogP contribution in [-0.2, 0) is 23.5 Å². The Labute approximate surface area is 173 Å². The van der Waals surface area contributed by atoms with E-state index in [4.69, 9.17) is 16.1 Å². The Morgan fingerprint density at radius 1 is 1.18 bits per heavy atom. The Morgan fingerprint density at radius 2 is 1.96 bits per heavy atom. The summed E-state index contributed by atoms with van der Waals surface area (Å²) in [6.45, 7) is 2.56. The van der Waals surface area contributed by atoms with Crippen LogP contribution in [0.25, 0.3) is 11.4 Å². The van der Waals surface area contributed by atoms with E-state index in [1.165, 1.54) is 5.56 Å². The lowest BCUT2D eigenvalue weighted by Crippen LogP contribution is -2.23. The predicted octanol–water partition coefficient (Wildman–Crippen LogP) is 4.89. The van der Waals surface area contributed by atoms with Crippen LogP contribution in [0.1, 0.15) is 30.4 Å². The van der Waals surface area contributed by atoms with Crippen molar-refractivity contribution < 1.29 is 9.32 Å². The average Bonchev–Trinajstić information content (AvgIpc) is 3.19.